The summed E-state index contributed by atoms with van der Waals surface area (Å²) in [5.41, 5.74) is 6.09. The van der Waals surface area contributed by atoms with E-state index >= 15 is 0 Å². The first-order chi connectivity index (χ1) is 13.0. The predicted octanol–water partition coefficient (Wildman–Crippen LogP) is 3.57. The third-order valence-corrected chi connectivity index (χ3v) is 4.05. The summed E-state index contributed by atoms with van der Waals surface area (Å²) < 4.78 is 19.3. The topological polar surface area (TPSA) is 83.2 Å². The van der Waals surface area contributed by atoms with E-state index in [-0.39, 0.29) is 12.4 Å². The molecule has 0 atom stereocenters. The molecule has 1 heterocycles. The minimum absolute atomic E-state index is 0.240. The van der Waals surface area contributed by atoms with Crippen molar-refractivity contribution < 1.29 is 18.7 Å². The summed E-state index contributed by atoms with van der Waals surface area (Å²) in [6.07, 6.45) is 1.61. The number of nitrogens with one attached hydrogen (secondary N) is 3. The number of ether oxygens (including phenoxy) is 1. The van der Waals surface area contributed by atoms with Crippen LogP contribution in [-0.2, 0) is 6.61 Å². The van der Waals surface area contributed by atoms with Gasteiger partial charge in [-0.3, -0.25) is 20.4 Å². The number of aromatic amines is 1. The second-order valence-corrected chi connectivity index (χ2v) is 6.50. The molecule has 0 bridgehead atoms. The molecule has 1 aromatic heterocycles. The number of aromatic nitrogens is 1. The van der Waals surface area contributed by atoms with E-state index in [2.05, 4.69) is 31.8 Å². The number of halogens is 2. The van der Waals surface area contributed by atoms with Crippen molar-refractivity contribution in [2.45, 2.75) is 6.61 Å². The Balaban J connectivity index is 1.56. The third kappa shape index (κ3) is 5.18. The van der Waals surface area contributed by atoms with Crippen LogP contribution in [0.15, 0.2) is 65.3 Å². The second-order valence-electron chi connectivity index (χ2n) is 5.58. The van der Waals surface area contributed by atoms with Crippen molar-refractivity contribution in [1.29, 1.82) is 0 Å². The molecule has 0 aliphatic carbocycles. The van der Waals surface area contributed by atoms with Crippen LogP contribution in [0.4, 0.5) is 4.39 Å². The average molecular weight is 432 g/mol. The molecule has 0 fully saturated rings. The van der Waals surface area contributed by atoms with E-state index in [4.69, 9.17) is 4.74 Å². The van der Waals surface area contributed by atoms with E-state index in [1.807, 2.05) is 0 Å². The summed E-state index contributed by atoms with van der Waals surface area (Å²) in [6, 6.07) is 14.1. The SMILES string of the molecule is O=C(NNC(=O)c1cc(Br)c[nH]1)c1cccc(OCc2ccc(F)cc2)c1. The molecule has 0 unspecified atom stereocenters. The van der Waals surface area contributed by atoms with E-state index in [9.17, 15) is 14.0 Å². The molecule has 138 valence electrons. The first-order valence-corrected chi connectivity index (χ1v) is 8.72. The number of hydrogen-bond acceptors (Lipinski definition) is 3. The number of carbonyl (C=O) groups is 2. The normalized spacial score (nSPS) is 10.3. The van der Waals surface area contributed by atoms with Crippen LogP contribution in [0.3, 0.4) is 0 Å². The monoisotopic (exact) mass is 431 g/mol. The van der Waals surface area contributed by atoms with E-state index in [1.165, 1.54) is 12.1 Å². The summed E-state index contributed by atoms with van der Waals surface area (Å²) in [6.45, 7) is 0.240. The maximum absolute atomic E-state index is 12.9. The Hall–Kier alpha value is -3.13. The quantitative estimate of drug-likeness (QED) is 0.540. The highest BCUT2D eigenvalue weighted by Gasteiger charge is 2.11. The lowest BCUT2D eigenvalue weighted by atomic mass is 10.2. The molecular weight excluding hydrogens is 417 g/mol. The minimum Gasteiger partial charge on any atom is -0.489 e. The highest BCUT2D eigenvalue weighted by molar-refractivity contribution is 9.10. The lowest BCUT2D eigenvalue weighted by Crippen LogP contribution is -2.41. The Bertz CT molecular complexity index is 957. The Morgan fingerprint density at radius 2 is 1.78 bits per heavy atom. The van der Waals surface area contributed by atoms with Gasteiger partial charge in [0.15, 0.2) is 0 Å². The van der Waals surface area contributed by atoms with E-state index in [0.717, 1.165) is 10.0 Å². The Kier molecular flexibility index (Phi) is 5.87. The zero-order valence-electron chi connectivity index (χ0n) is 14.0. The van der Waals surface area contributed by atoms with Gasteiger partial charge in [0.2, 0.25) is 0 Å². The molecule has 6 nitrogen and oxygen atoms in total. The van der Waals surface area contributed by atoms with E-state index in [1.54, 1.807) is 48.7 Å². The molecule has 2 amide bonds. The van der Waals surface area contributed by atoms with E-state index in [0.29, 0.717) is 17.0 Å². The molecule has 2 aromatic carbocycles. The third-order valence-electron chi connectivity index (χ3n) is 3.60. The van der Waals surface area contributed by atoms with Gasteiger partial charge >= 0.3 is 0 Å². The number of benzene rings is 2. The summed E-state index contributed by atoms with van der Waals surface area (Å²) >= 11 is 3.23. The number of H-pyrrole nitrogens is 1. The molecule has 3 N–H and O–H groups in total. The molecule has 0 radical (unpaired) electrons. The molecule has 3 aromatic rings. The fourth-order valence-corrected chi connectivity index (χ4v) is 2.57. The number of hydrazine groups is 1. The van der Waals surface area contributed by atoms with Crippen LogP contribution < -0.4 is 15.6 Å². The maximum atomic E-state index is 12.9. The van der Waals surface area contributed by atoms with Crippen molar-refractivity contribution >= 4 is 27.7 Å². The van der Waals surface area contributed by atoms with Crippen LogP contribution in [0.1, 0.15) is 26.4 Å². The molecule has 0 spiro atoms. The molecular formula is C19H15BrFN3O3. The largest absolute Gasteiger partial charge is 0.489 e. The standard InChI is InChI=1S/C19H15BrFN3O3/c20-14-9-17(22-10-14)19(26)24-23-18(25)13-2-1-3-16(8-13)27-11-12-4-6-15(21)7-5-12/h1-10,22H,11H2,(H,23,25)(H,24,26). The van der Waals surface area contributed by atoms with Crippen LogP contribution in [0.25, 0.3) is 0 Å². The molecule has 27 heavy (non-hydrogen) atoms. The Morgan fingerprint density at radius 3 is 2.48 bits per heavy atom. The van der Waals surface area contributed by atoms with Gasteiger partial charge in [0.25, 0.3) is 11.8 Å². The minimum atomic E-state index is -0.485. The van der Waals surface area contributed by atoms with Gasteiger partial charge in [-0.2, -0.15) is 0 Å². The van der Waals surface area contributed by atoms with Crippen molar-refractivity contribution in [3.05, 3.63) is 87.9 Å². The zero-order valence-corrected chi connectivity index (χ0v) is 15.5. The number of carbonyl (C=O) groups excluding carboxylic acids is 2. The lowest BCUT2D eigenvalue weighted by molar-refractivity contribution is 0.0844. The first kappa shape index (κ1) is 18.7. The van der Waals surface area contributed by atoms with Crippen LogP contribution in [-0.4, -0.2) is 16.8 Å². The van der Waals surface area contributed by atoms with Gasteiger partial charge in [0, 0.05) is 16.2 Å². The van der Waals surface area contributed by atoms with Crippen LogP contribution in [0.2, 0.25) is 0 Å². The predicted molar refractivity (Wildman–Crippen MR) is 101 cm³/mol. The lowest BCUT2D eigenvalue weighted by Gasteiger charge is -2.09. The van der Waals surface area contributed by atoms with Gasteiger partial charge < -0.3 is 9.72 Å². The van der Waals surface area contributed by atoms with Crippen LogP contribution in [0.5, 0.6) is 5.75 Å². The summed E-state index contributed by atoms with van der Waals surface area (Å²) in [5, 5.41) is 0. The van der Waals surface area contributed by atoms with Gasteiger partial charge in [-0.15, -0.1) is 0 Å². The van der Waals surface area contributed by atoms with Gasteiger partial charge in [-0.05, 0) is 57.9 Å². The highest BCUT2D eigenvalue weighted by atomic mass is 79.9. The van der Waals surface area contributed by atoms with Crippen molar-refractivity contribution in [1.82, 2.24) is 15.8 Å². The number of amides is 2. The van der Waals surface area contributed by atoms with Gasteiger partial charge in [-0.25, -0.2) is 4.39 Å². The smallest absolute Gasteiger partial charge is 0.286 e. The van der Waals surface area contributed by atoms with Gasteiger partial charge in [-0.1, -0.05) is 18.2 Å². The Morgan fingerprint density at radius 1 is 1.04 bits per heavy atom. The summed E-state index contributed by atoms with van der Waals surface area (Å²) in [7, 11) is 0. The molecule has 0 aliphatic heterocycles. The van der Waals surface area contributed by atoms with Crippen LogP contribution >= 0.6 is 15.9 Å². The Labute approximate surface area is 162 Å². The van der Waals surface area contributed by atoms with Gasteiger partial charge in [0.1, 0.15) is 23.9 Å². The molecule has 3 rings (SSSR count). The molecule has 0 saturated heterocycles. The fraction of sp³-hybridized carbons (Fsp3) is 0.0526. The molecule has 0 saturated carbocycles. The number of hydrogen-bond donors (Lipinski definition) is 3. The van der Waals surface area contributed by atoms with Crippen molar-refractivity contribution in [3.8, 4) is 5.75 Å². The molecule has 8 heteroatoms. The highest BCUT2D eigenvalue weighted by Crippen LogP contribution is 2.15. The maximum Gasteiger partial charge on any atom is 0.286 e. The second kappa shape index (κ2) is 8.50. The average Bonchev–Trinajstić information content (AvgIpc) is 3.12. The van der Waals surface area contributed by atoms with Crippen molar-refractivity contribution in [2.75, 3.05) is 0 Å². The number of rotatable bonds is 5. The van der Waals surface area contributed by atoms with Gasteiger partial charge in [0.05, 0.1) is 0 Å². The molecule has 0 aliphatic rings. The summed E-state index contributed by atoms with van der Waals surface area (Å²) in [5.74, 6) is -0.795. The fourth-order valence-electron chi connectivity index (χ4n) is 2.23. The van der Waals surface area contributed by atoms with E-state index < -0.39 is 11.8 Å². The zero-order chi connectivity index (χ0) is 19.2. The first-order valence-electron chi connectivity index (χ1n) is 7.93. The van der Waals surface area contributed by atoms with Crippen LogP contribution in [0, 0.1) is 5.82 Å². The summed E-state index contributed by atoms with van der Waals surface area (Å²) in [4.78, 5) is 26.9. The van der Waals surface area contributed by atoms with Crippen molar-refractivity contribution in [2.24, 2.45) is 0 Å². The van der Waals surface area contributed by atoms with Crippen molar-refractivity contribution in [3.63, 3.8) is 0 Å².